The molecule has 16 heavy (non-hydrogen) atoms. The molecule has 1 fully saturated rings. The van der Waals surface area contributed by atoms with Gasteiger partial charge in [0.25, 0.3) is 10.1 Å². The summed E-state index contributed by atoms with van der Waals surface area (Å²) in [5, 5.41) is 0. The Morgan fingerprint density at radius 1 is 1.44 bits per heavy atom. The number of rotatable bonds is 5. The van der Waals surface area contributed by atoms with E-state index < -0.39 is 10.1 Å². The third-order valence-corrected chi connectivity index (χ3v) is 3.23. The van der Waals surface area contributed by atoms with E-state index in [0.29, 0.717) is 12.5 Å². The molecule has 0 N–H and O–H groups in total. The van der Waals surface area contributed by atoms with Gasteiger partial charge in [-0.1, -0.05) is 13.8 Å². The van der Waals surface area contributed by atoms with E-state index in [1.54, 1.807) is 0 Å². The minimum atomic E-state index is -3.29. The van der Waals surface area contributed by atoms with Crippen molar-refractivity contribution in [2.75, 3.05) is 32.5 Å². The quantitative estimate of drug-likeness (QED) is 0.688. The predicted molar refractivity (Wildman–Crippen MR) is 64.6 cm³/mol. The van der Waals surface area contributed by atoms with Crippen LogP contribution in [0.1, 0.15) is 26.7 Å². The number of likely N-dealkylation sites (tertiary alicyclic amines) is 1. The molecule has 0 aromatic carbocycles. The van der Waals surface area contributed by atoms with Crippen LogP contribution in [0, 0.1) is 11.8 Å². The number of hydrogen-bond donors (Lipinski definition) is 0. The van der Waals surface area contributed by atoms with Gasteiger partial charge in [-0.2, -0.15) is 8.42 Å². The smallest absolute Gasteiger partial charge is 0.264 e. The lowest BCUT2D eigenvalue weighted by atomic mass is 9.98. The maximum absolute atomic E-state index is 10.9. The van der Waals surface area contributed by atoms with Crippen molar-refractivity contribution in [1.29, 1.82) is 0 Å². The first kappa shape index (κ1) is 13.9. The summed E-state index contributed by atoms with van der Waals surface area (Å²) in [4.78, 5) is 2.37. The highest BCUT2D eigenvalue weighted by Gasteiger charge is 2.21. The Balaban J connectivity index is 2.33. The molecule has 4 nitrogen and oxygen atoms in total. The van der Waals surface area contributed by atoms with Gasteiger partial charge in [-0.05, 0) is 31.2 Å². The van der Waals surface area contributed by atoms with Gasteiger partial charge in [0, 0.05) is 13.1 Å². The summed E-state index contributed by atoms with van der Waals surface area (Å²) >= 11 is 0. The monoisotopic (exact) mass is 248 g/mol. The van der Waals surface area contributed by atoms with Crippen LogP contribution in [0.15, 0.2) is 0 Å². The molecular formula is C11H22NO3S. The van der Waals surface area contributed by atoms with E-state index in [9.17, 15) is 8.42 Å². The molecule has 1 heterocycles. The van der Waals surface area contributed by atoms with Crippen molar-refractivity contribution >= 4 is 10.1 Å². The van der Waals surface area contributed by atoms with Crippen LogP contribution in [0.2, 0.25) is 0 Å². The first-order valence-corrected chi connectivity index (χ1v) is 7.54. The lowest BCUT2D eigenvalue weighted by Gasteiger charge is -2.33. The Morgan fingerprint density at radius 3 is 2.69 bits per heavy atom. The van der Waals surface area contributed by atoms with E-state index in [0.717, 1.165) is 38.7 Å². The van der Waals surface area contributed by atoms with E-state index in [1.807, 2.05) is 0 Å². The molecule has 0 aromatic heterocycles. The van der Waals surface area contributed by atoms with Crippen LogP contribution in [0.3, 0.4) is 0 Å². The van der Waals surface area contributed by atoms with Crippen LogP contribution in [-0.4, -0.2) is 45.8 Å². The zero-order valence-corrected chi connectivity index (χ0v) is 11.2. The Bertz CT molecular complexity index is 300. The fraction of sp³-hybridized carbons (Fsp3) is 0.909. The zero-order chi connectivity index (χ0) is 12.2. The molecule has 1 rings (SSSR count). The highest BCUT2D eigenvalue weighted by molar-refractivity contribution is 7.85. The first-order chi connectivity index (χ1) is 7.37. The molecule has 0 aliphatic carbocycles. The predicted octanol–water partition coefficient (Wildman–Crippen LogP) is 1.29. The zero-order valence-electron chi connectivity index (χ0n) is 10.4. The Labute approximate surface area is 99.1 Å². The van der Waals surface area contributed by atoms with Crippen LogP contribution in [-0.2, 0) is 14.3 Å². The average molecular weight is 248 g/mol. The van der Waals surface area contributed by atoms with Crippen molar-refractivity contribution in [3.63, 3.8) is 0 Å². The highest BCUT2D eigenvalue weighted by Crippen LogP contribution is 2.18. The topological polar surface area (TPSA) is 46.6 Å². The first-order valence-electron chi connectivity index (χ1n) is 5.72. The molecule has 5 heteroatoms. The second-order valence-corrected chi connectivity index (χ2v) is 6.58. The van der Waals surface area contributed by atoms with Crippen LogP contribution in [0.5, 0.6) is 0 Å². The van der Waals surface area contributed by atoms with Gasteiger partial charge in [-0.25, -0.2) is 0 Å². The van der Waals surface area contributed by atoms with Crippen molar-refractivity contribution in [3.05, 3.63) is 5.92 Å². The molecule has 1 aliphatic rings. The van der Waals surface area contributed by atoms with Crippen LogP contribution in [0.25, 0.3) is 0 Å². The summed E-state index contributed by atoms with van der Waals surface area (Å²) < 4.78 is 26.6. The molecule has 1 saturated heterocycles. The summed E-state index contributed by atoms with van der Waals surface area (Å²) in [6, 6.07) is 0. The number of nitrogens with zero attached hydrogens (tertiary/aromatic N) is 1. The number of piperidine rings is 1. The van der Waals surface area contributed by atoms with Gasteiger partial charge in [0.2, 0.25) is 0 Å². The van der Waals surface area contributed by atoms with Gasteiger partial charge in [0.1, 0.15) is 0 Å². The lowest BCUT2D eigenvalue weighted by Crippen LogP contribution is -2.39. The third kappa shape index (κ3) is 5.82. The Morgan fingerprint density at radius 2 is 2.12 bits per heavy atom. The summed E-state index contributed by atoms with van der Waals surface area (Å²) in [7, 11) is -3.29. The summed E-state index contributed by atoms with van der Waals surface area (Å²) in [6.07, 6.45) is 3.30. The molecule has 95 valence electrons. The van der Waals surface area contributed by atoms with Crippen molar-refractivity contribution in [3.8, 4) is 0 Å². The van der Waals surface area contributed by atoms with Gasteiger partial charge in [-0.15, -0.1) is 0 Å². The summed E-state index contributed by atoms with van der Waals surface area (Å²) in [6.45, 7) is 7.64. The lowest BCUT2D eigenvalue weighted by molar-refractivity contribution is 0.137. The standard InChI is InChI=1S/C11H22NO3S/c1-10(2)7-12-6-4-5-11(8-12)9-15-16(3,13)14/h11H,4-9H2,1-3H3/t11-/m0/s1. The van der Waals surface area contributed by atoms with E-state index in [1.165, 1.54) is 5.92 Å². The minimum Gasteiger partial charge on any atom is -0.302 e. The van der Waals surface area contributed by atoms with E-state index in [2.05, 4.69) is 18.7 Å². The molecule has 0 unspecified atom stereocenters. The molecule has 1 atom stereocenters. The van der Waals surface area contributed by atoms with Gasteiger partial charge in [0.15, 0.2) is 0 Å². The second-order valence-electron chi connectivity index (χ2n) is 4.94. The fourth-order valence-electron chi connectivity index (χ4n) is 2.10. The highest BCUT2D eigenvalue weighted by atomic mass is 32.2. The van der Waals surface area contributed by atoms with Gasteiger partial charge < -0.3 is 4.90 Å². The van der Waals surface area contributed by atoms with Crippen molar-refractivity contribution in [1.82, 2.24) is 4.90 Å². The summed E-state index contributed by atoms with van der Waals surface area (Å²) in [5.74, 6) is 1.74. The normalized spacial score (nSPS) is 23.9. The maximum atomic E-state index is 10.9. The maximum Gasteiger partial charge on any atom is 0.264 e. The molecule has 0 saturated carbocycles. The SMILES string of the molecule is C[C](C)CN1CCC[C@H](COS(C)(=O)=O)C1. The third-order valence-electron chi connectivity index (χ3n) is 2.66. The van der Waals surface area contributed by atoms with Gasteiger partial charge in [0.05, 0.1) is 12.9 Å². The molecule has 0 aromatic rings. The number of hydrogen-bond acceptors (Lipinski definition) is 4. The Hall–Kier alpha value is -0.130. The molecule has 0 spiro atoms. The van der Waals surface area contributed by atoms with E-state index >= 15 is 0 Å². The minimum absolute atomic E-state index is 0.331. The van der Waals surface area contributed by atoms with Crippen molar-refractivity contribution in [2.45, 2.75) is 26.7 Å². The fourth-order valence-corrected chi connectivity index (χ4v) is 2.54. The van der Waals surface area contributed by atoms with E-state index in [4.69, 9.17) is 4.18 Å². The molecule has 1 aliphatic heterocycles. The second kappa shape index (κ2) is 5.98. The van der Waals surface area contributed by atoms with Crippen molar-refractivity contribution in [2.24, 2.45) is 5.92 Å². The van der Waals surface area contributed by atoms with Gasteiger partial charge >= 0.3 is 0 Å². The average Bonchev–Trinajstić information content (AvgIpc) is 2.13. The van der Waals surface area contributed by atoms with Crippen molar-refractivity contribution < 1.29 is 12.6 Å². The largest absolute Gasteiger partial charge is 0.302 e. The molecule has 0 bridgehead atoms. The van der Waals surface area contributed by atoms with Gasteiger partial charge in [-0.3, -0.25) is 4.18 Å². The van der Waals surface area contributed by atoms with E-state index in [-0.39, 0.29) is 0 Å². The molecule has 1 radical (unpaired) electrons. The summed E-state index contributed by atoms with van der Waals surface area (Å²) in [5.41, 5.74) is 0. The van der Waals surface area contributed by atoms with Crippen LogP contribution in [0.4, 0.5) is 0 Å². The Kier molecular flexibility index (Phi) is 5.21. The van der Waals surface area contributed by atoms with Crippen LogP contribution >= 0.6 is 0 Å². The van der Waals surface area contributed by atoms with Crippen LogP contribution < -0.4 is 0 Å². The molecular weight excluding hydrogens is 226 g/mol. The molecule has 0 amide bonds.